The van der Waals surface area contributed by atoms with Gasteiger partial charge in [0.25, 0.3) is 5.91 Å². The third-order valence-corrected chi connectivity index (χ3v) is 3.34. The van der Waals surface area contributed by atoms with E-state index in [1.165, 1.54) is 0 Å². The molecule has 0 bridgehead atoms. The van der Waals surface area contributed by atoms with Crippen LogP contribution in [0.5, 0.6) is 5.75 Å². The van der Waals surface area contributed by atoms with Gasteiger partial charge in [-0.3, -0.25) is 9.78 Å². The molecule has 2 rings (SSSR count). The van der Waals surface area contributed by atoms with E-state index in [1.54, 1.807) is 12.4 Å². The van der Waals surface area contributed by atoms with E-state index in [1.807, 2.05) is 44.2 Å². The van der Waals surface area contributed by atoms with E-state index in [0.717, 1.165) is 36.5 Å². The van der Waals surface area contributed by atoms with Crippen molar-refractivity contribution in [2.24, 2.45) is 0 Å². The Morgan fingerprint density at radius 1 is 1.17 bits per heavy atom. The average molecular weight is 327 g/mol. The number of nitrogens with zero attached hydrogens (tertiary/aromatic N) is 1. The molecule has 1 aromatic heterocycles. The highest BCUT2D eigenvalue weighted by molar-refractivity contribution is 6.04. The molecule has 0 atom stereocenters. The van der Waals surface area contributed by atoms with Crippen LogP contribution in [0.2, 0.25) is 0 Å². The Morgan fingerprint density at radius 3 is 2.58 bits per heavy atom. The summed E-state index contributed by atoms with van der Waals surface area (Å²) in [5.74, 6) is 0.603. The highest BCUT2D eigenvalue weighted by Gasteiger charge is 2.08. The average Bonchev–Trinajstić information content (AvgIpc) is 2.57. The highest BCUT2D eigenvalue weighted by atomic mass is 16.5. The van der Waals surface area contributed by atoms with Crippen molar-refractivity contribution in [3.05, 3.63) is 48.3 Å². The van der Waals surface area contributed by atoms with Crippen molar-refractivity contribution in [2.75, 3.05) is 17.2 Å². The summed E-state index contributed by atoms with van der Waals surface area (Å²) in [6.07, 6.45) is 5.62. The normalized spacial score (nSPS) is 10.5. The molecule has 2 aromatic rings. The summed E-state index contributed by atoms with van der Waals surface area (Å²) in [4.78, 5) is 16.5. The predicted molar refractivity (Wildman–Crippen MR) is 97.8 cm³/mol. The number of anilines is 2. The van der Waals surface area contributed by atoms with E-state index in [-0.39, 0.29) is 12.0 Å². The van der Waals surface area contributed by atoms with Gasteiger partial charge in [0.2, 0.25) is 0 Å². The minimum atomic E-state index is -0.181. The number of benzene rings is 1. The zero-order valence-corrected chi connectivity index (χ0v) is 14.5. The van der Waals surface area contributed by atoms with Crippen LogP contribution < -0.4 is 15.4 Å². The fourth-order valence-electron chi connectivity index (χ4n) is 2.16. The van der Waals surface area contributed by atoms with Crippen LogP contribution in [0.4, 0.5) is 11.4 Å². The molecule has 0 saturated carbocycles. The predicted octanol–water partition coefficient (Wildman–Crippen LogP) is 4.33. The summed E-state index contributed by atoms with van der Waals surface area (Å²) >= 11 is 0. The van der Waals surface area contributed by atoms with Crippen LogP contribution in [0.25, 0.3) is 0 Å². The molecule has 0 spiro atoms. The molecule has 0 aliphatic rings. The van der Waals surface area contributed by atoms with Gasteiger partial charge in [-0.25, -0.2) is 0 Å². The zero-order valence-electron chi connectivity index (χ0n) is 14.5. The number of pyridine rings is 1. The molecule has 0 unspecified atom stereocenters. The van der Waals surface area contributed by atoms with Gasteiger partial charge in [0.15, 0.2) is 0 Å². The number of nitrogens with one attached hydrogen (secondary N) is 2. The van der Waals surface area contributed by atoms with Gasteiger partial charge in [-0.15, -0.1) is 0 Å². The lowest BCUT2D eigenvalue weighted by molar-refractivity contribution is 0.102. The van der Waals surface area contributed by atoms with Crippen LogP contribution in [0.15, 0.2) is 42.7 Å². The number of carbonyl (C=O) groups is 1. The number of ether oxygens (including phenoxy) is 1. The molecular weight excluding hydrogens is 302 g/mol. The van der Waals surface area contributed by atoms with E-state index < -0.39 is 0 Å². The molecule has 0 aliphatic heterocycles. The molecule has 1 amide bonds. The maximum atomic E-state index is 12.3. The van der Waals surface area contributed by atoms with Gasteiger partial charge in [0.05, 0.1) is 17.4 Å². The van der Waals surface area contributed by atoms with Crippen LogP contribution in [0.1, 0.15) is 44.0 Å². The number of rotatable bonds is 8. The van der Waals surface area contributed by atoms with Gasteiger partial charge >= 0.3 is 0 Å². The van der Waals surface area contributed by atoms with Crippen molar-refractivity contribution in [2.45, 2.75) is 39.7 Å². The minimum absolute atomic E-state index is 0.125. The first kappa shape index (κ1) is 17.8. The molecule has 2 N–H and O–H groups in total. The van der Waals surface area contributed by atoms with Gasteiger partial charge in [-0.1, -0.05) is 13.3 Å². The third kappa shape index (κ3) is 5.57. The smallest absolute Gasteiger partial charge is 0.257 e. The summed E-state index contributed by atoms with van der Waals surface area (Å²) in [6.45, 7) is 6.97. The number of hydrogen-bond acceptors (Lipinski definition) is 4. The topological polar surface area (TPSA) is 63.2 Å². The van der Waals surface area contributed by atoms with Crippen molar-refractivity contribution in [1.29, 1.82) is 0 Å². The Bertz CT molecular complexity index is 654. The van der Waals surface area contributed by atoms with Gasteiger partial charge < -0.3 is 15.4 Å². The molecule has 24 heavy (non-hydrogen) atoms. The molecule has 1 heterocycles. The Kier molecular flexibility index (Phi) is 6.61. The standard InChI is InChI=1S/C19H25N3O2/c1-4-5-10-21-17-11-15(12-20-13-17)19(23)22-16-6-8-18(9-7-16)24-14(2)3/h6-9,11-14,21H,4-5,10H2,1-3H3,(H,22,23). The Hall–Kier alpha value is -2.56. The molecule has 5 heteroatoms. The number of hydrogen-bond donors (Lipinski definition) is 2. The maximum absolute atomic E-state index is 12.3. The van der Waals surface area contributed by atoms with E-state index >= 15 is 0 Å². The Morgan fingerprint density at radius 2 is 1.92 bits per heavy atom. The van der Waals surface area contributed by atoms with E-state index in [0.29, 0.717) is 5.56 Å². The van der Waals surface area contributed by atoms with Crippen LogP contribution in [-0.4, -0.2) is 23.5 Å². The second kappa shape index (κ2) is 8.91. The van der Waals surface area contributed by atoms with Gasteiger partial charge in [0, 0.05) is 24.6 Å². The van der Waals surface area contributed by atoms with Crippen molar-refractivity contribution < 1.29 is 9.53 Å². The van der Waals surface area contributed by atoms with Crippen LogP contribution in [0, 0.1) is 0 Å². The molecule has 5 nitrogen and oxygen atoms in total. The van der Waals surface area contributed by atoms with Crippen molar-refractivity contribution >= 4 is 17.3 Å². The number of amides is 1. The van der Waals surface area contributed by atoms with Crippen molar-refractivity contribution in [3.63, 3.8) is 0 Å². The lowest BCUT2D eigenvalue weighted by atomic mass is 10.2. The molecule has 0 fully saturated rings. The van der Waals surface area contributed by atoms with E-state index in [4.69, 9.17) is 4.74 Å². The lowest BCUT2D eigenvalue weighted by Crippen LogP contribution is -2.13. The first-order chi connectivity index (χ1) is 11.6. The Labute approximate surface area is 143 Å². The zero-order chi connectivity index (χ0) is 17.4. The molecule has 0 saturated heterocycles. The monoisotopic (exact) mass is 327 g/mol. The molecule has 0 aliphatic carbocycles. The summed E-state index contributed by atoms with van der Waals surface area (Å²) in [6, 6.07) is 9.15. The third-order valence-electron chi connectivity index (χ3n) is 3.34. The largest absolute Gasteiger partial charge is 0.491 e. The molecule has 128 valence electrons. The SMILES string of the molecule is CCCCNc1cncc(C(=O)Nc2ccc(OC(C)C)cc2)c1. The summed E-state index contributed by atoms with van der Waals surface area (Å²) in [7, 11) is 0. The fraction of sp³-hybridized carbons (Fsp3) is 0.368. The minimum Gasteiger partial charge on any atom is -0.491 e. The number of carbonyl (C=O) groups excluding carboxylic acids is 1. The molecule has 0 radical (unpaired) electrons. The lowest BCUT2D eigenvalue weighted by Gasteiger charge is -2.11. The maximum Gasteiger partial charge on any atom is 0.257 e. The Balaban J connectivity index is 1.97. The molecular formula is C19H25N3O2. The fourth-order valence-corrected chi connectivity index (χ4v) is 2.16. The first-order valence-electron chi connectivity index (χ1n) is 8.35. The summed E-state index contributed by atoms with van der Waals surface area (Å²) < 4.78 is 5.59. The second-order valence-corrected chi connectivity index (χ2v) is 5.89. The summed E-state index contributed by atoms with van der Waals surface area (Å²) in [5.41, 5.74) is 2.11. The van der Waals surface area contributed by atoms with Crippen molar-refractivity contribution in [3.8, 4) is 5.75 Å². The quantitative estimate of drug-likeness (QED) is 0.708. The number of aromatic nitrogens is 1. The van der Waals surface area contributed by atoms with Gasteiger partial charge in [-0.05, 0) is 50.6 Å². The summed E-state index contributed by atoms with van der Waals surface area (Å²) in [5, 5.41) is 6.14. The van der Waals surface area contributed by atoms with Crippen LogP contribution >= 0.6 is 0 Å². The van der Waals surface area contributed by atoms with Crippen molar-refractivity contribution in [1.82, 2.24) is 4.98 Å². The van der Waals surface area contributed by atoms with Crippen LogP contribution in [0.3, 0.4) is 0 Å². The van der Waals surface area contributed by atoms with E-state index in [9.17, 15) is 4.79 Å². The van der Waals surface area contributed by atoms with Crippen LogP contribution in [-0.2, 0) is 0 Å². The van der Waals surface area contributed by atoms with Gasteiger partial charge in [0.1, 0.15) is 5.75 Å². The first-order valence-corrected chi connectivity index (χ1v) is 8.35. The second-order valence-electron chi connectivity index (χ2n) is 5.89. The number of unbranched alkanes of at least 4 members (excludes halogenated alkanes) is 1. The highest BCUT2D eigenvalue weighted by Crippen LogP contribution is 2.18. The molecule has 1 aromatic carbocycles. The van der Waals surface area contributed by atoms with Gasteiger partial charge in [-0.2, -0.15) is 0 Å². The van der Waals surface area contributed by atoms with E-state index in [2.05, 4.69) is 22.5 Å².